The molecule has 0 atom stereocenters. The van der Waals surface area contributed by atoms with Crippen LogP contribution in [0.3, 0.4) is 0 Å². The van der Waals surface area contributed by atoms with Crippen LogP contribution in [0.4, 0.5) is 16.3 Å². The summed E-state index contributed by atoms with van der Waals surface area (Å²) in [4.78, 5) is 32.8. The summed E-state index contributed by atoms with van der Waals surface area (Å²) in [6, 6.07) is 20.2. The van der Waals surface area contributed by atoms with Crippen molar-refractivity contribution in [2.24, 2.45) is 0 Å². The Balaban J connectivity index is 1.18. The Morgan fingerprint density at radius 1 is 0.939 bits per heavy atom. The molecule has 0 spiro atoms. The van der Waals surface area contributed by atoms with Gasteiger partial charge >= 0.3 is 6.09 Å². The number of benzene rings is 2. The molecule has 1 saturated heterocycles. The van der Waals surface area contributed by atoms with Crippen molar-refractivity contribution in [2.45, 2.75) is 65.6 Å². The first-order chi connectivity index (χ1) is 23.5. The Morgan fingerprint density at radius 2 is 1.67 bits per heavy atom. The maximum atomic E-state index is 12.4. The van der Waals surface area contributed by atoms with Gasteiger partial charge in [0.05, 0.1) is 23.3 Å². The number of aryl methyl sites for hydroxylation is 1. The van der Waals surface area contributed by atoms with Gasteiger partial charge in [0.25, 0.3) is 0 Å². The molecule has 1 aliphatic heterocycles. The van der Waals surface area contributed by atoms with Crippen molar-refractivity contribution in [3.05, 3.63) is 88.8 Å². The first kappa shape index (κ1) is 34.1. The van der Waals surface area contributed by atoms with E-state index in [1.54, 1.807) is 18.2 Å². The number of piperidine rings is 1. The minimum atomic E-state index is -0.499. The lowest BCUT2D eigenvalue weighted by atomic mass is 9.96. The summed E-state index contributed by atoms with van der Waals surface area (Å²) in [6.45, 7) is 11.5. The van der Waals surface area contributed by atoms with Crippen molar-refractivity contribution in [3.63, 3.8) is 0 Å². The van der Waals surface area contributed by atoms with Crippen molar-refractivity contribution in [1.29, 1.82) is 0 Å². The molecule has 49 heavy (non-hydrogen) atoms. The molecule has 4 heterocycles. The number of methoxy groups -OCH3 is 1. The number of ether oxygens (including phenoxy) is 2. The molecular formula is C38H42ClN7O3. The van der Waals surface area contributed by atoms with E-state index >= 15 is 0 Å². The molecule has 0 aliphatic carbocycles. The zero-order valence-corrected chi connectivity index (χ0v) is 29.6. The second-order valence-electron chi connectivity index (χ2n) is 13.2. The molecule has 2 N–H and O–H groups in total. The van der Waals surface area contributed by atoms with Gasteiger partial charge in [0.2, 0.25) is 5.88 Å². The van der Waals surface area contributed by atoms with Gasteiger partial charge in [-0.3, -0.25) is 4.98 Å². The van der Waals surface area contributed by atoms with E-state index in [0.29, 0.717) is 47.7 Å². The number of anilines is 2. The molecule has 254 valence electrons. The molecule has 2 aromatic carbocycles. The molecule has 3 aromatic heterocycles. The molecule has 0 saturated carbocycles. The van der Waals surface area contributed by atoms with Gasteiger partial charge in [-0.1, -0.05) is 48.0 Å². The van der Waals surface area contributed by atoms with E-state index in [-0.39, 0.29) is 12.1 Å². The van der Waals surface area contributed by atoms with Crippen LogP contribution in [0, 0.1) is 13.8 Å². The summed E-state index contributed by atoms with van der Waals surface area (Å²) in [5.74, 6) is 1.86. The summed E-state index contributed by atoms with van der Waals surface area (Å²) in [6.07, 6.45) is 3.18. The maximum Gasteiger partial charge on any atom is 0.410 e. The number of carbonyl (C=O) groups is 1. The van der Waals surface area contributed by atoms with E-state index in [4.69, 9.17) is 26.1 Å². The highest BCUT2D eigenvalue weighted by molar-refractivity contribution is 6.36. The maximum absolute atomic E-state index is 12.4. The van der Waals surface area contributed by atoms with E-state index in [1.165, 1.54) is 0 Å². The zero-order chi connectivity index (χ0) is 34.7. The molecule has 0 radical (unpaired) electrons. The topological polar surface area (TPSA) is 114 Å². The number of halogens is 1. The number of carbonyl (C=O) groups excluding carboxylic acids is 1. The fourth-order valence-electron chi connectivity index (χ4n) is 6.08. The number of fused-ring (bicyclic) bond motifs is 1. The standard InChI is InChI=1S/C38H42ClN7O3/c1-23-27(10-8-13-30(23)44-35-34-32(14-9-19-40-34)42-24(2)43-35)28-11-7-12-29(33(28)39)31-16-15-25(36(45-31)48-6)22-41-26-17-20-46(21-18-26)37(47)49-38(3,4)5/h7-16,19,26,41H,17-18,20-22H2,1-6H3,(H,42,43,44). The molecule has 11 heteroatoms. The van der Waals surface area contributed by atoms with Crippen LogP contribution in [0.25, 0.3) is 33.4 Å². The number of pyridine rings is 2. The fourth-order valence-corrected chi connectivity index (χ4v) is 6.40. The number of amides is 1. The number of hydrogen-bond acceptors (Lipinski definition) is 9. The molecular weight excluding hydrogens is 638 g/mol. The zero-order valence-electron chi connectivity index (χ0n) is 28.8. The van der Waals surface area contributed by atoms with Crippen LogP contribution < -0.4 is 15.4 Å². The lowest BCUT2D eigenvalue weighted by Gasteiger charge is -2.33. The van der Waals surface area contributed by atoms with Crippen LogP contribution in [0.1, 0.15) is 50.6 Å². The Bertz CT molecular complexity index is 1990. The van der Waals surface area contributed by atoms with E-state index in [9.17, 15) is 4.79 Å². The normalized spacial score (nSPS) is 13.8. The Labute approximate surface area is 292 Å². The number of aromatic nitrogens is 4. The minimum absolute atomic E-state index is 0.252. The van der Waals surface area contributed by atoms with Crippen molar-refractivity contribution < 1.29 is 14.3 Å². The van der Waals surface area contributed by atoms with Gasteiger partial charge < -0.3 is 25.0 Å². The Hall–Kier alpha value is -4.80. The van der Waals surface area contributed by atoms with Gasteiger partial charge in [-0.2, -0.15) is 0 Å². The molecule has 0 bridgehead atoms. The third-order valence-corrected chi connectivity index (χ3v) is 8.99. The fraction of sp³-hybridized carbons (Fsp3) is 0.342. The third kappa shape index (κ3) is 7.76. The van der Waals surface area contributed by atoms with Crippen LogP contribution in [-0.4, -0.2) is 62.8 Å². The number of nitrogens with zero attached hydrogens (tertiary/aromatic N) is 5. The highest BCUT2D eigenvalue weighted by Gasteiger charge is 2.27. The Morgan fingerprint density at radius 3 is 2.43 bits per heavy atom. The van der Waals surface area contributed by atoms with Gasteiger partial charge in [0, 0.05) is 54.3 Å². The van der Waals surface area contributed by atoms with E-state index in [1.807, 2.05) is 82.3 Å². The summed E-state index contributed by atoms with van der Waals surface area (Å²) < 4.78 is 11.3. The molecule has 0 unspecified atom stereocenters. The van der Waals surface area contributed by atoms with Crippen LogP contribution >= 0.6 is 11.6 Å². The van der Waals surface area contributed by atoms with Gasteiger partial charge in [-0.25, -0.2) is 19.7 Å². The van der Waals surface area contributed by atoms with Crippen molar-refractivity contribution >= 4 is 40.2 Å². The van der Waals surface area contributed by atoms with Crippen LogP contribution in [0.15, 0.2) is 66.9 Å². The largest absolute Gasteiger partial charge is 0.481 e. The van der Waals surface area contributed by atoms with Gasteiger partial charge in [-0.15, -0.1) is 0 Å². The summed E-state index contributed by atoms with van der Waals surface area (Å²) >= 11 is 7.15. The van der Waals surface area contributed by atoms with Crippen molar-refractivity contribution in [3.8, 4) is 28.3 Å². The molecule has 1 aliphatic rings. The molecule has 5 aromatic rings. The van der Waals surface area contributed by atoms with E-state index in [2.05, 4.69) is 38.6 Å². The third-order valence-electron chi connectivity index (χ3n) is 8.58. The SMILES string of the molecule is COc1nc(-c2cccc(-c3cccc(Nc4nc(C)nc5cccnc45)c3C)c2Cl)ccc1CNC1CCN(C(=O)OC(C)(C)C)CC1. The van der Waals surface area contributed by atoms with E-state index in [0.717, 1.165) is 57.6 Å². The van der Waals surface area contributed by atoms with Crippen molar-refractivity contribution in [2.75, 3.05) is 25.5 Å². The molecule has 10 nitrogen and oxygen atoms in total. The van der Waals surface area contributed by atoms with Crippen molar-refractivity contribution in [1.82, 2.24) is 30.2 Å². The number of likely N-dealkylation sites (tertiary alicyclic amines) is 1. The van der Waals surface area contributed by atoms with Crippen LogP contribution in [-0.2, 0) is 11.3 Å². The minimum Gasteiger partial charge on any atom is -0.481 e. The number of rotatable bonds is 8. The summed E-state index contributed by atoms with van der Waals surface area (Å²) in [5.41, 5.74) is 7.28. The molecule has 6 rings (SSSR count). The van der Waals surface area contributed by atoms with Gasteiger partial charge in [0.1, 0.15) is 16.9 Å². The second-order valence-corrected chi connectivity index (χ2v) is 13.6. The summed E-state index contributed by atoms with van der Waals surface area (Å²) in [5, 5.41) is 7.71. The number of nitrogens with one attached hydrogen (secondary N) is 2. The highest BCUT2D eigenvalue weighted by Crippen LogP contribution is 2.40. The smallest absolute Gasteiger partial charge is 0.410 e. The first-order valence-corrected chi connectivity index (χ1v) is 16.9. The predicted octanol–water partition coefficient (Wildman–Crippen LogP) is 8.27. The van der Waals surface area contributed by atoms with Gasteiger partial charge in [0.15, 0.2) is 5.82 Å². The first-order valence-electron chi connectivity index (χ1n) is 16.5. The number of hydrogen-bond donors (Lipinski definition) is 2. The quantitative estimate of drug-likeness (QED) is 0.167. The predicted molar refractivity (Wildman–Crippen MR) is 194 cm³/mol. The lowest BCUT2D eigenvalue weighted by Crippen LogP contribution is -2.46. The molecule has 1 amide bonds. The monoisotopic (exact) mass is 679 g/mol. The summed E-state index contributed by atoms with van der Waals surface area (Å²) in [7, 11) is 1.63. The average molecular weight is 680 g/mol. The van der Waals surface area contributed by atoms with Crippen LogP contribution in [0.2, 0.25) is 5.02 Å². The second kappa shape index (κ2) is 14.4. The molecule has 1 fully saturated rings. The highest BCUT2D eigenvalue weighted by atomic mass is 35.5. The van der Waals surface area contributed by atoms with Crippen LogP contribution in [0.5, 0.6) is 5.88 Å². The van der Waals surface area contributed by atoms with E-state index < -0.39 is 5.60 Å². The Kier molecular flexibility index (Phi) is 9.99. The average Bonchev–Trinajstić information content (AvgIpc) is 3.08. The van der Waals surface area contributed by atoms with Gasteiger partial charge in [-0.05, 0) is 82.9 Å². The lowest BCUT2D eigenvalue weighted by molar-refractivity contribution is 0.0198.